The van der Waals surface area contributed by atoms with Crippen LogP contribution in [0.25, 0.3) is 0 Å². The predicted octanol–water partition coefficient (Wildman–Crippen LogP) is 3.34. The van der Waals surface area contributed by atoms with Gasteiger partial charge >= 0.3 is 12.1 Å². The first-order chi connectivity index (χ1) is 8.08. The summed E-state index contributed by atoms with van der Waals surface area (Å²) in [5, 5.41) is 5.65. The molecule has 2 N–H and O–H groups in total. The lowest BCUT2D eigenvalue weighted by atomic mass is 10.3. The lowest BCUT2D eigenvalue weighted by Crippen LogP contribution is -2.37. The molecule has 1 rings (SSSR count). The highest BCUT2D eigenvalue weighted by atomic mass is 35.5. The number of benzene rings is 1. The van der Waals surface area contributed by atoms with Crippen molar-refractivity contribution in [3.63, 3.8) is 0 Å². The maximum absolute atomic E-state index is 11.7. The van der Waals surface area contributed by atoms with E-state index in [4.69, 9.17) is 17.1 Å². The molecule has 0 aliphatic carbocycles. The van der Waals surface area contributed by atoms with E-state index in [1.165, 1.54) is 0 Å². The Morgan fingerprint density at radius 3 is 2.76 bits per heavy atom. The molecule has 0 heterocycles. The van der Waals surface area contributed by atoms with E-state index in [-0.39, 0.29) is 6.54 Å². The van der Waals surface area contributed by atoms with Gasteiger partial charge < -0.3 is 5.32 Å². The van der Waals surface area contributed by atoms with E-state index in [2.05, 4.69) is 10.4 Å². The number of hydrogen-bond acceptors (Lipinski definition) is 3. The number of hydrogen-bond donors (Lipinski definition) is 2. The number of urea groups is 2. The molecule has 0 aromatic heterocycles. The van der Waals surface area contributed by atoms with Crippen LogP contribution >= 0.6 is 11.6 Å². The number of anilines is 1. The van der Waals surface area contributed by atoms with Gasteiger partial charge in [0.2, 0.25) is 0 Å². The van der Waals surface area contributed by atoms with Gasteiger partial charge in [0.15, 0.2) is 0 Å². The maximum atomic E-state index is 11.7. The van der Waals surface area contributed by atoms with Crippen molar-refractivity contribution in [3.05, 3.63) is 29.3 Å². The summed E-state index contributed by atoms with van der Waals surface area (Å²) in [5.41, 5.74) is 7.05. The highest BCUT2D eigenvalue weighted by molar-refractivity contribution is 6.30. The monoisotopic (exact) mass is 254 g/mol. The van der Waals surface area contributed by atoms with Crippen LogP contribution in [0.15, 0.2) is 29.4 Å². The van der Waals surface area contributed by atoms with Gasteiger partial charge in [-0.25, -0.2) is 14.5 Å². The molecule has 90 valence electrons. The van der Waals surface area contributed by atoms with E-state index in [9.17, 15) is 9.59 Å². The maximum Gasteiger partial charge on any atom is 0.369 e. The third kappa shape index (κ3) is 3.53. The number of nitrogens with zero attached hydrogens (tertiary/aromatic N) is 2. The molecule has 4 amide bonds. The summed E-state index contributed by atoms with van der Waals surface area (Å²) in [5.74, 6) is 0. The Balaban J connectivity index is 2.77. The SMILES string of the molecule is CCN(C(=O)N=N)C(=O)Nc1cccc(Cl)c1. The van der Waals surface area contributed by atoms with Crippen molar-refractivity contribution in [1.29, 1.82) is 5.53 Å². The van der Waals surface area contributed by atoms with Crippen LogP contribution in [-0.4, -0.2) is 23.5 Å². The summed E-state index contributed by atoms with van der Waals surface area (Å²) in [7, 11) is 0. The fourth-order valence-corrected chi connectivity index (χ4v) is 1.37. The van der Waals surface area contributed by atoms with E-state index < -0.39 is 12.1 Å². The Kier molecular flexibility index (Phi) is 4.59. The van der Waals surface area contributed by atoms with Gasteiger partial charge in [0.25, 0.3) is 0 Å². The lowest BCUT2D eigenvalue weighted by molar-refractivity contribution is 0.200. The molecule has 0 aliphatic rings. The first kappa shape index (κ1) is 13.1. The van der Waals surface area contributed by atoms with Crippen molar-refractivity contribution >= 4 is 29.4 Å². The van der Waals surface area contributed by atoms with Crippen molar-refractivity contribution in [2.45, 2.75) is 6.92 Å². The molecule has 0 bridgehead atoms. The van der Waals surface area contributed by atoms with Crippen LogP contribution in [0.5, 0.6) is 0 Å². The van der Waals surface area contributed by atoms with Crippen LogP contribution in [0.2, 0.25) is 5.02 Å². The molecule has 0 fully saturated rings. The zero-order chi connectivity index (χ0) is 12.8. The van der Waals surface area contributed by atoms with Gasteiger partial charge in [-0.1, -0.05) is 22.8 Å². The zero-order valence-corrected chi connectivity index (χ0v) is 9.86. The van der Waals surface area contributed by atoms with E-state index in [1.54, 1.807) is 31.2 Å². The van der Waals surface area contributed by atoms with E-state index >= 15 is 0 Å². The molecule has 6 nitrogen and oxygen atoms in total. The first-order valence-electron chi connectivity index (χ1n) is 4.84. The highest BCUT2D eigenvalue weighted by Crippen LogP contribution is 2.15. The van der Waals surface area contributed by atoms with Crippen molar-refractivity contribution in [2.24, 2.45) is 5.11 Å². The number of amides is 4. The molecular weight excluding hydrogens is 244 g/mol. The van der Waals surface area contributed by atoms with Crippen LogP contribution < -0.4 is 5.32 Å². The second-order valence-corrected chi connectivity index (χ2v) is 3.52. The van der Waals surface area contributed by atoms with Crippen molar-refractivity contribution in [3.8, 4) is 0 Å². The minimum Gasteiger partial charge on any atom is -0.307 e. The quantitative estimate of drug-likeness (QED) is 0.793. The van der Waals surface area contributed by atoms with Crippen molar-refractivity contribution in [1.82, 2.24) is 4.90 Å². The second kappa shape index (κ2) is 5.95. The zero-order valence-electron chi connectivity index (χ0n) is 9.11. The molecule has 0 saturated carbocycles. The average Bonchev–Trinajstić information content (AvgIpc) is 2.29. The number of imide groups is 1. The summed E-state index contributed by atoms with van der Waals surface area (Å²) in [6.07, 6.45) is 0. The predicted molar refractivity (Wildman–Crippen MR) is 63.4 cm³/mol. The molecule has 0 aliphatic heterocycles. The molecule has 7 heteroatoms. The van der Waals surface area contributed by atoms with Crippen molar-refractivity contribution in [2.75, 3.05) is 11.9 Å². The Morgan fingerprint density at radius 1 is 1.53 bits per heavy atom. The molecule has 1 aromatic rings. The third-order valence-corrected chi connectivity index (χ3v) is 2.20. The van der Waals surface area contributed by atoms with Gasteiger partial charge in [-0.05, 0) is 25.1 Å². The second-order valence-electron chi connectivity index (χ2n) is 3.08. The summed E-state index contributed by atoms with van der Waals surface area (Å²) < 4.78 is 0. The van der Waals surface area contributed by atoms with Crippen LogP contribution in [0.4, 0.5) is 15.3 Å². The topological polar surface area (TPSA) is 85.6 Å². The summed E-state index contributed by atoms with van der Waals surface area (Å²) in [6.45, 7) is 1.74. The average molecular weight is 255 g/mol. The number of carbonyl (C=O) groups is 2. The summed E-state index contributed by atoms with van der Waals surface area (Å²) >= 11 is 5.75. The summed E-state index contributed by atoms with van der Waals surface area (Å²) in [4.78, 5) is 23.6. The number of nitrogens with one attached hydrogen (secondary N) is 2. The molecule has 0 unspecified atom stereocenters. The molecule has 0 spiro atoms. The fourth-order valence-electron chi connectivity index (χ4n) is 1.18. The van der Waals surface area contributed by atoms with Crippen LogP contribution in [-0.2, 0) is 0 Å². The van der Waals surface area contributed by atoms with E-state index in [0.29, 0.717) is 10.7 Å². The largest absolute Gasteiger partial charge is 0.369 e. The van der Waals surface area contributed by atoms with Gasteiger partial charge in [-0.3, -0.25) is 0 Å². The molecule has 1 aromatic carbocycles. The Morgan fingerprint density at radius 2 is 2.24 bits per heavy atom. The molecule has 0 radical (unpaired) electrons. The van der Waals surface area contributed by atoms with Crippen molar-refractivity contribution < 1.29 is 9.59 Å². The minimum atomic E-state index is -0.910. The van der Waals surface area contributed by atoms with Crippen LogP contribution in [0, 0.1) is 5.53 Å². The molecule has 0 atom stereocenters. The Labute approximate surface area is 103 Å². The van der Waals surface area contributed by atoms with Crippen LogP contribution in [0.1, 0.15) is 6.92 Å². The van der Waals surface area contributed by atoms with E-state index in [0.717, 1.165) is 4.90 Å². The molecular formula is C10H11ClN4O2. The third-order valence-electron chi connectivity index (χ3n) is 1.96. The van der Waals surface area contributed by atoms with Gasteiger partial charge in [-0.15, -0.1) is 0 Å². The first-order valence-corrected chi connectivity index (χ1v) is 5.21. The normalized spacial score (nSPS) is 9.53. The number of rotatable bonds is 2. The molecule has 0 saturated heterocycles. The standard InChI is InChI=1S/C10H11ClN4O2/c1-2-15(10(17)14-12)9(16)13-8-5-3-4-7(11)6-8/h3-6,12H,2H2,1H3,(H,13,16). The molecule has 17 heavy (non-hydrogen) atoms. The Hall–Kier alpha value is -1.95. The number of carbonyl (C=O) groups excluding carboxylic acids is 2. The van der Waals surface area contributed by atoms with Gasteiger partial charge in [0.1, 0.15) is 0 Å². The van der Waals surface area contributed by atoms with Gasteiger partial charge in [0.05, 0.1) is 0 Å². The van der Waals surface area contributed by atoms with Gasteiger partial charge in [0, 0.05) is 17.3 Å². The fraction of sp³-hybridized carbons (Fsp3) is 0.200. The van der Waals surface area contributed by atoms with E-state index in [1.807, 2.05) is 0 Å². The van der Waals surface area contributed by atoms with Gasteiger partial charge in [-0.2, -0.15) is 5.53 Å². The minimum absolute atomic E-state index is 0.133. The summed E-state index contributed by atoms with van der Waals surface area (Å²) in [6, 6.07) is 4.97. The smallest absolute Gasteiger partial charge is 0.307 e. The van der Waals surface area contributed by atoms with Crippen LogP contribution in [0.3, 0.4) is 0 Å². The Bertz CT molecular complexity index is 450. The highest BCUT2D eigenvalue weighted by Gasteiger charge is 2.18. The number of halogens is 1. The lowest BCUT2D eigenvalue weighted by Gasteiger charge is -2.16.